The van der Waals surface area contributed by atoms with Crippen LogP contribution in [0.1, 0.15) is 11.1 Å². The second-order valence-electron chi connectivity index (χ2n) is 5.09. The van der Waals surface area contributed by atoms with E-state index in [2.05, 4.69) is 5.32 Å². The minimum absolute atomic E-state index is 0.00422. The molecule has 3 rings (SSSR count). The number of non-ortho nitro benzene ring substituents is 1. The molecule has 1 N–H and O–H groups in total. The van der Waals surface area contributed by atoms with Crippen molar-refractivity contribution in [2.45, 2.75) is 19.1 Å². The van der Waals surface area contributed by atoms with Crippen LogP contribution in [0, 0.1) is 10.1 Å². The Bertz CT molecular complexity index is 715. The predicted octanol–water partition coefficient (Wildman–Crippen LogP) is 2.67. The minimum atomic E-state index is -0.499. The van der Waals surface area contributed by atoms with Crippen molar-refractivity contribution in [2.75, 3.05) is 5.32 Å². The molecule has 0 amide bonds. The second-order valence-corrected chi connectivity index (χ2v) is 5.09. The van der Waals surface area contributed by atoms with E-state index in [-0.39, 0.29) is 18.3 Å². The van der Waals surface area contributed by atoms with E-state index in [1.807, 2.05) is 30.3 Å². The molecule has 22 heavy (non-hydrogen) atoms. The number of anilines is 1. The first-order valence-corrected chi connectivity index (χ1v) is 6.88. The first kappa shape index (κ1) is 14.1. The van der Waals surface area contributed by atoms with Gasteiger partial charge in [0.05, 0.1) is 4.92 Å². The largest absolute Gasteiger partial charge is 0.459 e. The Hall–Kier alpha value is -2.89. The van der Waals surface area contributed by atoms with Crippen molar-refractivity contribution in [3.8, 4) is 0 Å². The summed E-state index contributed by atoms with van der Waals surface area (Å²) in [6.45, 7) is 0.217. The molecule has 1 unspecified atom stereocenters. The zero-order chi connectivity index (χ0) is 15.5. The molecule has 2 aromatic carbocycles. The second kappa shape index (κ2) is 5.85. The standard InChI is InChI=1S/C16H14N2O4/c19-16(22-10-11-4-2-1-3-5-11)15-8-12-6-7-13(18(20)21)9-14(12)17-15/h1-7,9,15,17H,8,10H2. The quantitative estimate of drug-likeness (QED) is 0.533. The highest BCUT2D eigenvalue weighted by Crippen LogP contribution is 2.30. The zero-order valence-electron chi connectivity index (χ0n) is 11.7. The summed E-state index contributed by atoms with van der Waals surface area (Å²) in [7, 11) is 0. The van der Waals surface area contributed by atoms with Gasteiger partial charge in [-0.3, -0.25) is 10.1 Å². The molecule has 0 bridgehead atoms. The molecule has 0 saturated heterocycles. The van der Waals surface area contributed by atoms with Gasteiger partial charge in [-0.15, -0.1) is 0 Å². The highest BCUT2D eigenvalue weighted by atomic mass is 16.6. The minimum Gasteiger partial charge on any atom is -0.459 e. The molecular formula is C16H14N2O4. The molecule has 0 saturated carbocycles. The number of rotatable bonds is 4. The summed E-state index contributed by atoms with van der Waals surface area (Å²) in [5.74, 6) is -0.359. The lowest BCUT2D eigenvalue weighted by molar-refractivity contribution is -0.384. The van der Waals surface area contributed by atoms with Gasteiger partial charge in [-0.1, -0.05) is 36.4 Å². The topological polar surface area (TPSA) is 81.5 Å². The lowest BCUT2D eigenvalue weighted by atomic mass is 10.1. The van der Waals surface area contributed by atoms with Gasteiger partial charge in [0.15, 0.2) is 0 Å². The highest BCUT2D eigenvalue weighted by molar-refractivity contribution is 5.83. The highest BCUT2D eigenvalue weighted by Gasteiger charge is 2.29. The third kappa shape index (κ3) is 2.90. The van der Waals surface area contributed by atoms with E-state index in [4.69, 9.17) is 4.74 Å². The molecule has 0 fully saturated rings. The van der Waals surface area contributed by atoms with Crippen LogP contribution in [0.25, 0.3) is 0 Å². The van der Waals surface area contributed by atoms with Crippen LogP contribution in [-0.4, -0.2) is 16.9 Å². The maximum absolute atomic E-state index is 12.1. The normalized spacial score (nSPS) is 15.7. The number of nitro groups is 1. The van der Waals surface area contributed by atoms with Gasteiger partial charge in [-0.25, -0.2) is 4.79 Å². The number of hydrogen-bond acceptors (Lipinski definition) is 5. The van der Waals surface area contributed by atoms with E-state index in [0.717, 1.165) is 11.1 Å². The fourth-order valence-electron chi connectivity index (χ4n) is 2.42. The molecule has 6 heteroatoms. The van der Waals surface area contributed by atoms with Crippen LogP contribution in [0.15, 0.2) is 48.5 Å². The van der Waals surface area contributed by atoms with Crippen molar-refractivity contribution in [1.29, 1.82) is 0 Å². The average Bonchev–Trinajstić information content (AvgIpc) is 2.96. The van der Waals surface area contributed by atoms with E-state index in [9.17, 15) is 14.9 Å². The molecular weight excluding hydrogens is 284 g/mol. The number of nitrogens with zero attached hydrogens (tertiary/aromatic N) is 1. The van der Waals surface area contributed by atoms with Gasteiger partial charge in [0.1, 0.15) is 12.6 Å². The van der Waals surface area contributed by atoms with Crippen LogP contribution < -0.4 is 5.32 Å². The smallest absolute Gasteiger partial charge is 0.329 e. The molecule has 1 aliphatic rings. The van der Waals surface area contributed by atoms with Gasteiger partial charge in [0.2, 0.25) is 0 Å². The Morgan fingerprint density at radius 1 is 1.27 bits per heavy atom. The van der Waals surface area contributed by atoms with Gasteiger partial charge in [0.25, 0.3) is 5.69 Å². The molecule has 0 radical (unpaired) electrons. The van der Waals surface area contributed by atoms with Crippen LogP contribution in [0.4, 0.5) is 11.4 Å². The molecule has 2 aromatic rings. The van der Waals surface area contributed by atoms with Gasteiger partial charge >= 0.3 is 5.97 Å². The predicted molar refractivity (Wildman–Crippen MR) is 80.4 cm³/mol. The molecule has 1 aliphatic heterocycles. The Labute approximate surface area is 126 Å². The molecule has 112 valence electrons. The van der Waals surface area contributed by atoms with Crippen LogP contribution in [0.3, 0.4) is 0 Å². The molecule has 0 aliphatic carbocycles. The maximum atomic E-state index is 12.1. The lowest BCUT2D eigenvalue weighted by Crippen LogP contribution is -2.28. The molecule has 0 spiro atoms. The Morgan fingerprint density at radius 3 is 2.77 bits per heavy atom. The summed E-state index contributed by atoms with van der Waals surface area (Å²) in [4.78, 5) is 22.4. The first-order chi connectivity index (χ1) is 10.6. The van der Waals surface area contributed by atoms with E-state index in [0.29, 0.717) is 12.1 Å². The molecule has 6 nitrogen and oxygen atoms in total. The Morgan fingerprint density at radius 2 is 2.05 bits per heavy atom. The summed E-state index contributed by atoms with van der Waals surface area (Å²) in [6, 6.07) is 13.5. The van der Waals surface area contributed by atoms with Gasteiger partial charge in [0, 0.05) is 24.2 Å². The van der Waals surface area contributed by atoms with Crippen molar-refractivity contribution < 1.29 is 14.5 Å². The van der Waals surface area contributed by atoms with Crippen molar-refractivity contribution in [1.82, 2.24) is 0 Å². The number of nitro benzene ring substituents is 1. The van der Waals surface area contributed by atoms with Crippen LogP contribution >= 0.6 is 0 Å². The summed E-state index contributed by atoms with van der Waals surface area (Å²) >= 11 is 0. The number of carbonyl (C=O) groups is 1. The molecule has 1 atom stereocenters. The van der Waals surface area contributed by atoms with Crippen LogP contribution in [0.5, 0.6) is 0 Å². The van der Waals surface area contributed by atoms with E-state index in [1.54, 1.807) is 6.07 Å². The number of fused-ring (bicyclic) bond motifs is 1. The third-order valence-corrected chi connectivity index (χ3v) is 3.57. The Kier molecular flexibility index (Phi) is 3.74. The maximum Gasteiger partial charge on any atom is 0.329 e. The van der Waals surface area contributed by atoms with E-state index >= 15 is 0 Å². The van der Waals surface area contributed by atoms with Crippen molar-refractivity contribution in [2.24, 2.45) is 0 Å². The fraction of sp³-hybridized carbons (Fsp3) is 0.188. The molecule has 1 heterocycles. The van der Waals surface area contributed by atoms with Gasteiger partial charge < -0.3 is 10.1 Å². The summed E-state index contributed by atoms with van der Waals surface area (Å²) in [5, 5.41) is 13.7. The van der Waals surface area contributed by atoms with Crippen molar-refractivity contribution in [3.05, 3.63) is 69.8 Å². The number of benzene rings is 2. The summed E-state index contributed by atoms with van der Waals surface area (Å²) in [5.41, 5.74) is 2.43. The van der Waals surface area contributed by atoms with Gasteiger partial charge in [-0.2, -0.15) is 0 Å². The number of hydrogen-bond donors (Lipinski definition) is 1. The summed E-state index contributed by atoms with van der Waals surface area (Å²) in [6.07, 6.45) is 0.473. The van der Waals surface area contributed by atoms with Gasteiger partial charge in [-0.05, 0) is 11.1 Å². The van der Waals surface area contributed by atoms with E-state index in [1.165, 1.54) is 12.1 Å². The third-order valence-electron chi connectivity index (χ3n) is 3.57. The first-order valence-electron chi connectivity index (χ1n) is 6.88. The zero-order valence-corrected chi connectivity index (χ0v) is 11.7. The van der Waals surface area contributed by atoms with E-state index < -0.39 is 11.0 Å². The van der Waals surface area contributed by atoms with Crippen molar-refractivity contribution in [3.63, 3.8) is 0 Å². The number of carbonyl (C=O) groups excluding carboxylic acids is 1. The van der Waals surface area contributed by atoms with Crippen LogP contribution in [0.2, 0.25) is 0 Å². The SMILES string of the molecule is O=C(OCc1ccccc1)C1Cc2ccc([N+](=O)[O-])cc2N1. The number of nitrogens with one attached hydrogen (secondary N) is 1. The lowest BCUT2D eigenvalue weighted by Gasteiger charge is -2.11. The van der Waals surface area contributed by atoms with Crippen LogP contribution in [-0.2, 0) is 22.6 Å². The fourth-order valence-corrected chi connectivity index (χ4v) is 2.42. The number of esters is 1. The van der Waals surface area contributed by atoms with Crippen molar-refractivity contribution >= 4 is 17.3 Å². The molecule has 0 aromatic heterocycles. The monoisotopic (exact) mass is 298 g/mol. The average molecular weight is 298 g/mol. The number of ether oxygens (including phenoxy) is 1. The summed E-state index contributed by atoms with van der Waals surface area (Å²) < 4.78 is 5.29. The Balaban J connectivity index is 1.62.